The van der Waals surface area contributed by atoms with Crippen molar-refractivity contribution in [1.82, 2.24) is 4.90 Å². The van der Waals surface area contributed by atoms with E-state index in [0.717, 1.165) is 38.3 Å². The maximum Gasteiger partial charge on any atom is 0.495 e. The van der Waals surface area contributed by atoms with Crippen molar-refractivity contribution >= 4 is 24.2 Å². The van der Waals surface area contributed by atoms with E-state index in [1.54, 1.807) is 7.11 Å². The van der Waals surface area contributed by atoms with Gasteiger partial charge in [0, 0.05) is 19.6 Å². The van der Waals surface area contributed by atoms with Crippen LogP contribution in [0.1, 0.15) is 27.7 Å². The van der Waals surface area contributed by atoms with Gasteiger partial charge in [0.25, 0.3) is 0 Å². The van der Waals surface area contributed by atoms with Gasteiger partial charge in [-0.3, -0.25) is 4.90 Å². The molecule has 0 N–H and O–H groups in total. The highest BCUT2D eigenvalue weighted by Gasteiger charge is 2.52. The Kier molecular flexibility index (Phi) is 6.28. The molecule has 6 nitrogen and oxygen atoms in total. The summed E-state index contributed by atoms with van der Waals surface area (Å²) in [7, 11) is 1.11. The van der Waals surface area contributed by atoms with Crippen molar-refractivity contribution in [3.63, 3.8) is 0 Å². The summed E-state index contributed by atoms with van der Waals surface area (Å²) in [5, 5.41) is 0.487. The monoisotopic (exact) mass is 397 g/mol. The Balaban J connectivity index is 1.70. The SMILES string of the molecule is COc1cc(B2OC(C)(C)C(C)(C)O2)cc(Cl)c1OCCN1CCOCC1. The fourth-order valence-electron chi connectivity index (χ4n) is 3.10. The van der Waals surface area contributed by atoms with Crippen LogP contribution < -0.4 is 14.9 Å². The van der Waals surface area contributed by atoms with Crippen LogP contribution in [0.4, 0.5) is 0 Å². The number of methoxy groups -OCH3 is 1. The molecule has 2 fully saturated rings. The van der Waals surface area contributed by atoms with E-state index in [2.05, 4.69) is 4.90 Å². The average Bonchev–Trinajstić information content (AvgIpc) is 2.84. The lowest BCUT2D eigenvalue weighted by Gasteiger charge is -2.32. The van der Waals surface area contributed by atoms with E-state index < -0.39 is 18.3 Å². The Bertz CT molecular complexity index is 648. The van der Waals surface area contributed by atoms with Gasteiger partial charge in [0.1, 0.15) is 6.61 Å². The van der Waals surface area contributed by atoms with Gasteiger partial charge < -0.3 is 23.5 Å². The van der Waals surface area contributed by atoms with E-state index in [9.17, 15) is 0 Å². The van der Waals surface area contributed by atoms with E-state index >= 15 is 0 Å². The first-order valence-electron chi connectivity index (χ1n) is 9.39. The summed E-state index contributed by atoms with van der Waals surface area (Å²) in [4.78, 5) is 2.31. The zero-order valence-corrected chi connectivity index (χ0v) is 17.6. The summed E-state index contributed by atoms with van der Waals surface area (Å²) in [5.41, 5.74) is -0.00823. The number of ether oxygens (including phenoxy) is 3. The Labute approximate surface area is 167 Å². The molecular formula is C19H29BClNO5. The minimum absolute atomic E-state index is 0.412. The highest BCUT2D eigenvalue weighted by atomic mass is 35.5. The molecular weight excluding hydrogens is 368 g/mol. The molecule has 0 aliphatic carbocycles. The van der Waals surface area contributed by atoms with Gasteiger partial charge in [-0.05, 0) is 45.3 Å². The maximum atomic E-state index is 6.51. The molecule has 0 saturated carbocycles. The molecule has 3 rings (SSSR count). The Morgan fingerprint density at radius 3 is 2.33 bits per heavy atom. The molecule has 0 atom stereocenters. The van der Waals surface area contributed by atoms with Gasteiger partial charge in [0.2, 0.25) is 0 Å². The standard InChI is InChI=1S/C19H29BClNO5/c1-18(2)19(3,4)27-20(26-18)14-12-15(21)17(16(13-14)23-5)25-11-8-22-6-9-24-10-7-22/h12-13H,6-11H2,1-5H3. The van der Waals surface area contributed by atoms with Gasteiger partial charge in [0.15, 0.2) is 11.5 Å². The molecule has 0 radical (unpaired) electrons. The minimum atomic E-state index is -0.496. The van der Waals surface area contributed by atoms with Crippen molar-refractivity contribution in [2.75, 3.05) is 46.6 Å². The molecule has 0 spiro atoms. The second-order valence-corrected chi connectivity index (χ2v) is 8.33. The van der Waals surface area contributed by atoms with Crippen LogP contribution in [0.15, 0.2) is 12.1 Å². The number of nitrogens with zero attached hydrogens (tertiary/aromatic N) is 1. The lowest BCUT2D eigenvalue weighted by Crippen LogP contribution is -2.41. The summed E-state index contributed by atoms with van der Waals surface area (Å²) in [6, 6.07) is 3.70. The second-order valence-electron chi connectivity index (χ2n) is 7.92. The lowest BCUT2D eigenvalue weighted by molar-refractivity contribution is 0.00578. The topological polar surface area (TPSA) is 49.4 Å². The smallest absolute Gasteiger partial charge is 0.493 e. The zero-order chi connectivity index (χ0) is 19.7. The quantitative estimate of drug-likeness (QED) is 0.687. The Morgan fingerprint density at radius 2 is 1.74 bits per heavy atom. The molecule has 0 amide bonds. The molecule has 2 heterocycles. The molecule has 0 unspecified atom stereocenters. The molecule has 0 aromatic heterocycles. The van der Waals surface area contributed by atoms with Crippen molar-refractivity contribution in [1.29, 1.82) is 0 Å². The van der Waals surface area contributed by atoms with Crippen LogP contribution in [0.3, 0.4) is 0 Å². The molecule has 1 aromatic carbocycles. The average molecular weight is 398 g/mol. The molecule has 2 aliphatic rings. The van der Waals surface area contributed by atoms with Gasteiger partial charge in [-0.15, -0.1) is 0 Å². The fourth-order valence-corrected chi connectivity index (χ4v) is 3.37. The van der Waals surface area contributed by atoms with Gasteiger partial charge in [-0.2, -0.15) is 0 Å². The summed E-state index contributed by atoms with van der Waals surface area (Å²) < 4.78 is 29.0. The van der Waals surface area contributed by atoms with Crippen LogP contribution in [0.2, 0.25) is 5.02 Å². The van der Waals surface area contributed by atoms with Gasteiger partial charge >= 0.3 is 7.12 Å². The number of rotatable bonds is 6. The summed E-state index contributed by atoms with van der Waals surface area (Å²) in [5.74, 6) is 1.13. The highest BCUT2D eigenvalue weighted by molar-refractivity contribution is 6.62. The van der Waals surface area contributed by atoms with Crippen LogP contribution >= 0.6 is 11.6 Å². The lowest BCUT2D eigenvalue weighted by atomic mass is 9.79. The molecule has 8 heteroatoms. The first-order valence-corrected chi connectivity index (χ1v) is 9.77. The van der Waals surface area contributed by atoms with Crippen molar-refractivity contribution in [2.24, 2.45) is 0 Å². The normalized spacial score (nSPS) is 22.1. The first-order chi connectivity index (χ1) is 12.7. The van der Waals surface area contributed by atoms with Crippen LogP contribution in [0.5, 0.6) is 11.5 Å². The molecule has 2 saturated heterocycles. The van der Waals surface area contributed by atoms with Crippen molar-refractivity contribution in [3.8, 4) is 11.5 Å². The third-order valence-electron chi connectivity index (χ3n) is 5.53. The predicted molar refractivity (Wildman–Crippen MR) is 106 cm³/mol. The Hall–Kier alpha value is -0.985. The first kappa shape index (κ1) is 20.7. The summed E-state index contributed by atoms with van der Waals surface area (Å²) in [6.07, 6.45) is 0. The zero-order valence-electron chi connectivity index (χ0n) is 16.8. The van der Waals surface area contributed by atoms with E-state index in [1.165, 1.54) is 0 Å². The fraction of sp³-hybridized carbons (Fsp3) is 0.684. The number of morpholine rings is 1. The van der Waals surface area contributed by atoms with Crippen molar-refractivity contribution in [3.05, 3.63) is 17.2 Å². The number of hydrogen-bond donors (Lipinski definition) is 0. The van der Waals surface area contributed by atoms with Crippen molar-refractivity contribution in [2.45, 2.75) is 38.9 Å². The number of halogens is 1. The second kappa shape index (κ2) is 8.17. The van der Waals surface area contributed by atoms with Crippen LogP contribution in [0.25, 0.3) is 0 Å². The van der Waals surface area contributed by atoms with E-state index in [0.29, 0.717) is 23.1 Å². The van der Waals surface area contributed by atoms with Crippen molar-refractivity contribution < 1.29 is 23.5 Å². The minimum Gasteiger partial charge on any atom is -0.493 e. The molecule has 2 aliphatic heterocycles. The molecule has 27 heavy (non-hydrogen) atoms. The molecule has 1 aromatic rings. The molecule has 150 valence electrons. The van der Waals surface area contributed by atoms with Gasteiger partial charge in [-0.1, -0.05) is 11.6 Å². The highest BCUT2D eigenvalue weighted by Crippen LogP contribution is 2.39. The third-order valence-corrected chi connectivity index (χ3v) is 5.82. The summed E-state index contributed by atoms with van der Waals surface area (Å²) >= 11 is 6.51. The van der Waals surface area contributed by atoms with E-state index in [-0.39, 0.29) is 0 Å². The summed E-state index contributed by atoms with van der Waals surface area (Å²) in [6.45, 7) is 12.8. The third kappa shape index (κ3) is 4.54. The predicted octanol–water partition coefficient (Wildman–Crippen LogP) is 2.36. The number of hydrogen-bond acceptors (Lipinski definition) is 6. The van der Waals surface area contributed by atoms with Crippen LogP contribution in [0, 0.1) is 0 Å². The van der Waals surface area contributed by atoms with Crippen LogP contribution in [-0.2, 0) is 14.0 Å². The van der Waals surface area contributed by atoms with Gasteiger partial charge in [0.05, 0.1) is 36.5 Å². The largest absolute Gasteiger partial charge is 0.495 e. The maximum absolute atomic E-state index is 6.51. The van der Waals surface area contributed by atoms with Gasteiger partial charge in [-0.25, -0.2) is 0 Å². The van der Waals surface area contributed by atoms with E-state index in [4.69, 9.17) is 35.1 Å². The van der Waals surface area contributed by atoms with E-state index in [1.807, 2.05) is 39.8 Å². The number of benzene rings is 1. The molecule has 0 bridgehead atoms. The Morgan fingerprint density at radius 1 is 1.11 bits per heavy atom. The van der Waals surface area contributed by atoms with Crippen LogP contribution in [-0.4, -0.2) is 69.8 Å².